The topological polar surface area (TPSA) is 51.0 Å². The Morgan fingerprint density at radius 1 is 1.26 bits per heavy atom. The zero-order chi connectivity index (χ0) is 13.1. The third kappa shape index (κ3) is 3.16. The zero-order valence-electron chi connectivity index (χ0n) is 11.9. The highest BCUT2D eigenvalue weighted by atomic mass is 16.5. The number of nitrogens with one attached hydrogen (secondary N) is 1. The molecule has 1 aliphatic heterocycles. The van der Waals surface area contributed by atoms with Crippen LogP contribution in [0.1, 0.15) is 69.5 Å². The first-order chi connectivity index (χ1) is 9.35. The molecule has 3 rings (SSSR count). The molecule has 1 aromatic rings. The molecule has 4 nitrogen and oxygen atoms in total. The minimum Gasteiger partial charge on any atom is -0.339 e. The number of hydrogen-bond donors (Lipinski definition) is 1. The highest BCUT2D eigenvalue weighted by Crippen LogP contribution is 2.36. The van der Waals surface area contributed by atoms with Gasteiger partial charge in [-0.2, -0.15) is 4.98 Å². The maximum atomic E-state index is 5.45. The summed E-state index contributed by atoms with van der Waals surface area (Å²) in [7, 11) is 0. The van der Waals surface area contributed by atoms with Gasteiger partial charge in [-0.15, -0.1) is 0 Å². The van der Waals surface area contributed by atoms with E-state index in [1.54, 1.807) is 0 Å². The van der Waals surface area contributed by atoms with Crippen molar-refractivity contribution >= 4 is 0 Å². The highest BCUT2D eigenvalue weighted by Gasteiger charge is 2.26. The molecule has 3 atom stereocenters. The standard InChI is InChI=1S/C15H25N3O/c1-2-11-5-3-6-12(9-11)15-17-14(19-18-15)10-13-7-4-8-16-13/h11-13,16H,2-10H2,1H3. The lowest BCUT2D eigenvalue weighted by Gasteiger charge is -2.26. The van der Waals surface area contributed by atoms with Crippen molar-refractivity contribution in [2.24, 2.45) is 5.92 Å². The molecule has 3 unspecified atom stereocenters. The molecule has 0 bridgehead atoms. The molecular formula is C15H25N3O. The van der Waals surface area contributed by atoms with Gasteiger partial charge in [-0.1, -0.05) is 31.3 Å². The summed E-state index contributed by atoms with van der Waals surface area (Å²) in [5, 5.41) is 7.72. The van der Waals surface area contributed by atoms with E-state index in [0.717, 1.165) is 30.6 Å². The van der Waals surface area contributed by atoms with Gasteiger partial charge in [0, 0.05) is 18.4 Å². The Kier molecular flexibility index (Phi) is 4.16. The predicted octanol–water partition coefficient (Wildman–Crippen LogP) is 3.05. The van der Waals surface area contributed by atoms with Crippen LogP contribution in [0.3, 0.4) is 0 Å². The fraction of sp³-hybridized carbons (Fsp3) is 0.867. The summed E-state index contributed by atoms with van der Waals surface area (Å²) >= 11 is 0. The Labute approximate surface area is 115 Å². The Balaban J connectivity index is 1.60. The average molecular weight is 263 g/mol. The molecule has 2 fully saturated rings. The highest BCUT2D eigenvalue weighted by molar-refractivity contribution is 4.99. The number of nitrogens with zero attached hydrogens (tertiary/aromatic N) is 2. The van der Waals surface area contributed by atoms with E-state index < -0.39 is 0 Å². The van der Waals surface area contributed by atoms with Crippen molar-refractivity contribution in [1.29, 1.82) is 0 Å². The Bertz CT molecular complexity index is 398. The number of rotatable bonds is 4. The van der Waals surface area contributed by atoms with Crippen molar-refractivity contribution in [2.45, 2.75) is 70.3 Å². The second-order valence-electron chi connectivity index (χ2n) is 6.18. The van der Waals surface area contributed by atoms with E-state index in [2.05, 4.69) is 22.4 Å². The minimum absolute atomic E-state index is 0.535. The van der Waals surface area contributed by atoms with E-state index in [-0.39, 0.29) is 0 Å². The molecule has 1 N–H and O–H groups in total. The largest absolute Gasteiger partial charge is 0.339 e. The van der Waals surface area contributed by atoms with E-state index in [1.807, 2.05) is 0 Å². The lowest BCUT2D eigenvalue weighted by atomic mass is 9.80. The average Bonchev–Trinajstić information content (AvgIpc) is 3.11. The number of hydrogen-bond acceptors (Lipinski definition) is 4. The van der Waals surface area contributed by atoms with Crippen LogP contribution in [0, 0.1) is 5.92 Å². The predicted molar refractivity (Wildman–Crippen MR) is 74.0 cm³/mol. The molecule has 0 aromatic carbocycles. The van der Waals surface area contributed by atoms with E-state index in [1.165, 1.54) is 44.9 Å². The molecule has 1 aromatic heterocycles. The maximum absolute atomic E-state index is 5.45. The van der Waals surface area contributed by atoms with Crippen LogP contribution in [0.15, 0.2) is 4.52 Å². The molecule has 1 aliphatic carbocycles. The summed E-state index contributed by atoms with van der Waals surface area (Å²) in [5.41, 5.74) is 0. The molecule has 0 spiro atoms. The van der Waals surface area contributed by atoms with E-state index in [9.17, 15) is 0 Å². The van der Waals surface area contributed by atoms with E-state index in [0.29, 0.717) is 12.0 Å². The van der Waals surface area contributed by atoms with Crippen molar-refractivity contribution < 1.29 is 4.52 Å². The molecule has 1 saturated carbocycles. The summed E-state index contributed by atoms with van der Waals surface area (Å²) in [5.74, 6) is 3.18. The van der Waals surface area contributed by atoms with Crippen molar-refractivity contribution in [3.05, 3.63) is 11.7 Å². The third-order valence-corrected chi connectivity index (χ3v) is 4.79. The summed E-state index contributed by atoms with van der Waals surface area (Å²) in [6.45, 7) is 3.42. The monoisotopic (exact) mass is 263 g/mol. The summed E-state index contributed by atoms with van der Waals surface area (Å²) in [6, 6.07) is 0.544. The first kappa shape index (κ1) is 13.1. The van der Waals surface area contributed by atoms with Crippen LogP contribution >= 0.6 is 0 Å². The van der Waals surface area contributed by atoms with Gasteiger partial charge < -0.3 is 9.84 Å². The van der Waals surface area contributed by atoms with Crippen LogP contribution in [0.5, 0.6) is 0 Å². The van der Waals surface area contributed by atoms with E-state index >= 15 is 0 Å². The smallest absolute Gasteiger partial charge is 0.228 e. The van der Waals surface area contributed by atoms with Crippen molar-refractivity contribution in [3.63, 3.8) is 0 Å². The fourth-order valence-corrected chi connectivity index (χ4v) is 3.55. The molecule has 0 radical (unpaired) electrons. The second kappa shape index (κ2) is 6.04. The van der Waals surface area contributed by atoms with Gasteiger partial charge in [0.15, 0.2) is 5.82 Å². The Hall–Kier alpha value is -0.900. The van der Waals surface area contributed by atoms with Crippen LogP contribution in [-0.2, 0) is 6.42 Å². The van der Waals surface area contributed by atoms with Gasteiger partial charge in [0.2, 0.25) is 5.89 Å². The molecule has 0 amide bonds. The van der Waals surface area contributed by atoms with Crippen LogP contribution in [-0.4, -0.2) is 22.7 Å². The van der Waals surface area contributed by atoms with Gasteiger partial charge in [-0.3, -0.25) is 0 Å². The fourth-order valence-electron chi connectivity index (χ4n) is 3.55. The zero-order valence-corrected chi connectivity index (χ0v) is 11.9. The molecule has 106 valence electrons. The van der Waals surface area contributed by atoms with Crippen LogP contribution < -0.4 is 5.32 Å². The van der Waals surface area contributed by atoms with Gasteiger partial charge in [-0.25, -0.2) is 0 Å². The van der Waals surface area contributed by atoms with Gasteiger partial charge in [-0.05, 0) is 38.1 Å². The minimum atomic E-state index is 0.535. The summed E-state index contributed by atoms with van der Waals surface area (Å²) in [4.78, 5) is 4.65. The van der Waals surface area contributed by atoms with Crippen molar-refractivity contribution in [1.82, 2.24) is 15.5 Å². The van der Waals surface area contributed by atoms with Gasteiger partial charge in [0.1, 0.15) is 0 Å². The molecular weight excluding hydrogens is 238 g/mol. The van der Waals surface area contributed by atoms with Gasteiger partial charge in [0.25, 0.3) is 0 Å². The molecule has 1 saturated heterocycles. The molecule has 2 aliphatic rings. The molecule has 4 heteroatoms. The number of aromatic nitrogens is 2. The Morgan fingerprint density at radius 2 is 2.21 bits per heavy atom. The van der Waals surface area contributed by atoms with Crippen molar-refractivity contribution in [2.75, 3.05) is 6.54 Å². The first-order valence-electron chi connectivity index (χ1n) is 7.91. The van der Waals surface area contributed by atoms with Gasteiger partial charge in [0.05, 0.1) is 0 Å². The van der Waals surface area contributed by atoms with Gasteiger partial charge >= 0.3 is 0 Å². The molecule has 2 heterocycles. The second-order valence-corrected chi connectivity index (χ2v) is 6.18. The Morgan fingerprint density at radius 3 is 3.00 bits per heavy atom. The first-order valence-corrected chi connectivity index (χ1v) is 7.91. The molecule has 19 heavy (non-hydrogen) atoms. The summed E-state index contributed by atoms with van der Waals surface area (Å²) < 4.78 is 5.45. The summed E-state index contributed by atoms with van der Waals surface area (Å²) in [6.07, 6.45) is 9.87. The third-order valence-electron chi connectivity index (χ3n) is 4.79. The normalized spacial score (nSPS) is 31.7. The maximum Gasteiger partial charge on any atom is 0.228 e. The SMILES string of the molecule is CCC1CCCC(c2noc(CC3CCCN3)n2)C1. The van der Waals surface area contributed by atoms with Crippen LogP contribution in [0.4, 0.5) is 0 Å². The van der Waals surface area contributed by atoms with Crippen LogP contribution in [0.2, 0.25) is 0 Å². The quantitative estimate of drug-likeness (QED) is 0.907. The van der Waals surface area contributed by atoms with Crippen molar-refractivity contribution in [3.8, 4) is 0 Å². The lowest BCUT2D eigenvalue weighted by Crippen LogP contribution is -2.23. The lowest BCUT2D eigenvalue weighted by molar-refractivity contribution is 0.297. The van der Waals surface area contributed by atoms with E-state index in [4.69, 9.17) is 4.52 Å². The van der Waals surface area contributed by atoms with Crippen LogP contribution in [0.25, 0.3) is 0 Å².